The summed E-state index contributed by atoms with van der Waals surface area (Å²) in [6, 6.07) is 15.1. The molecule has 6 heteroatoms. The van der Waals surface area contributed by atoms with Crippen molar-refractivity contribution < 1.29 is 19.1 Å². The van der Waals surface area contributed by atoms with Gasteiger partial charge in [-0.25, -0.2) is 9.59 Å². The third-order valence-electron chi connectivity index (χ3n) is 4.19. The van der Waals surface area contributed by atoms with Crippen LogP contribution in [0.2, 0.25) is 0 Å². The third kappa shape index (κ3) is 6.02. The van der Waals surface area contributed by atoms with Crippen LogP contribution in [0, 0.1) is 0 Å². The van der Waals surface area contributed by atoms with Crippen molar-refractivity contribution in [3.8, 4) is 0 Å². The van der Waals surface area contributed by atoms with Gasteiger partial charge in [0.1, 0.15) is 12.1 Å². The van der Waals surface area contributed by atoms with Crippen LogP contribution in [0.4, 0.5) is 11.4 Å². The first-order valence-corrected chi connectivity index (χ1v) is 8.79. The Bertz CT molecular complexity index is 691. The van der Waals surface area contributed by atoms with Crippen LogP contribution < -0.4 is 10.6 Å². The van der Waals surface area contributed by atoms with Crippen molar-refractivity contribution in [2.24, 2.45) is 0 Å². The molecule has 0 unspecified atom stereocenters. The van der Waals surface area contributed by atoms with E-state index in [1.165, 1.54) is 14.2 Å². The highest BCUT2D eigenvalue weighted by molar-refractivity contribution is 5.79. The molecule has 0 fully saturated rings. The molecule has 0 bridgehead atoms. The Labute approximate surface area is 159 Å². The second kappa shape index (κ2) is 9.62. The average Bonchev–Trinajstić information content (AvgIpc) is 2.69. The minimum Gasteiger partial charge on any atom is -0.467 e. The molecule has 0 saturated carbocycles. The Hall–Kier alpha value is -3.02. The predicted octanol–water partition coefficient (Wildman–Crippen LogP) is 3.22. The quantitative estimate of drug-likeness (QED) is 0.695. The molecule has 2 atom stereocenters. The second-order valence-corrected chi connectivity index (χ2v) is 6.35. The van der Waals surface area contributed by atoms with Gasteiger partial charge in [-0.15, -0.1) is 0 Å². The summed E-state index contributed by atoms with van der Waals surface area (Å²) < 4.78 is 9.42. The first kappa shape index (κ1) is 20.3. The van der Waals surface area contributed by atoms with Crippen molar-refractivity contribution in [1.29, 1.82) is 0 Å². The number of benzene rings is 2. The fourth-order valence-electron chi connectivity index (χ4n) is 2.64. The van der Waals surface area contributed by atoms with Crippen molar-refractivity contribution in [3.63, 3.8) is 0 Å². The van der Waals surface area contributed by atoms with Crippen LogP contribution in [0.5, 0.6) is 0 Å². The Morgan fingerprint density at radius 1 is 0.741 bits per heavy atom. The number of methoxy groups -OCH3 is 2. The molecule has 2 rings (SSSR count). The molecular formula is C21H26N2O4. The number of esters is 2. The topological polar surface area (TPSA) is 76.7 Å². The third-order valence-corrected chi connectivity index (χ3v) is 4.19. The second-order valence-electron chi connectivity index (χ2n) is 6.35. The summed E-state index contributed by atoms with van der Waals surface area (Å²) in [4.78, 5) is 22.9. The molecule has 2 aromatic rings. The normalized spacial score (nSPS) is 12.6. The summed E-state index contributed by atoms with van der Waals surface area (Å²) in [5.74, 6) is -0.594. The van der Waals surface area contributed by atoms with Crippen LogP contribution in [-0.2, 0) is 25.5 Å². The molecule has 27 heavy (non-hydrogen) atoms. The number of carbonyl (C=O) groups is 2. The van der Waals surface area contributed by atoms with Crippen LogP contribution in [0.1, 0.15) is 25.0 Å². The van der Waals surface area contributed by atoms with Crippen molar-refractivity contribution in [2.75, 3.05) is 24.9 Å². The highest BCUT2D eigenvalue weighted by Gasteiger charge is 2.13. The van der Waals surface area contributed by atoms with Crippen LogP contribution >= 0.6 is 0 Å². The monoisotopic (exact) mass is 370 g/mol. The molecule has 0 aliphatic heterocycles. The van der Waals surface area contributed by atoms with Crippen molar-refractivity contribution >= 4 is 23.3 Å². The van der Waals surface area contributed by atoms with Gasteiger partial charge in [-0.2, -0.15) is 0 Å². The summed E-state index contributed by atoms with van der Waals surface area (Å²) >= 11 is 0. The zero-order valence-corrected chi connectivity index (χ0v) is 16.1. The molecule has 0 amide bonds. The summed E-state index contributed by atoms with van der Waals surface area (Å²) in [5.41, 5.74) is 4.06. The molecule has 0 aliphatic rings. The van der Waals surface area contributed by atoms with E-state index in [-0.39, 0.29) is 11.9 Å². The first-order chi connectivity index (χ1) is 12.9. The maximum Gasteiger partial charge on any atom is 0.327 e. The van der Waals surface area contributed by atoms with E-state index >= 15 is 0 Å². The maximum absolute atomic E-state index is 11.5. The number of anilines is 2. The molecule has 0 saturated heterocycles. The zero-order chi connectivity index (χ0) is 19.8. The molecule has 0 spiro atoms. The van der Waals surface area contributed by atoms with Crippen LogP contribution in [0.25, 0.3) is 0 Å². The average molecular weight is 370 g/mol. The summed E-state index contributed by atoms with van der Waals surface area (Å²) in [6.45, 7) is 3.52. The van der Waals surface area contributed by atoms with Gasteiger partial charge in [0.05, 0.1) is 14.2 Å². The van der Waals surface area contributed by atoms with E-state index in [1.54, 1.807) is 13.8 Å². The number of rotatable bonds is 8. The van der Waals surface area contributed by atoms with E-state index in [2.05, 4.69) is 10.6 Å². The van der Waals surface area contributed by atoms with E-state index in [0.29, 0.717) is 0 Å². The smallest absolute Gasteiger partial charge is 0.327 e. The SMILES string of the molecule is COC(=O)[C@H](C)Nc1ccc(Cc2ccc(N[C@H](C)C(=O)OC)cc2)cc1. The fourth-order valence-corrected chi connectivity index (χ4v) is 2.64. The molecule has 2 N–H and O–H groups in total. The Balaban J connectivity index is 1.93. The van der Waals surface area contributed by atoms with E-state index in [0.717, 1.165) is 28.9 Å². The van der Waals surface area contributed by atoms with Gasteiger partial charge in [-0.05, 0) is 55.7 Å². The van der Waals surface area contributed by atoms with Crippen molar-refractivity contribution in [1.82, 2.24) is 0 Å². The van der Waals surface area contributed by atoms with Gasteiger partial charge in [0.25, 0.3) is 0 Å². The molecule has 144 valence electrons. The minimum absolute atomic E-state index is 0.297. The standard InChI is InChI=1S/C21H26N2O4/c1-14(20(24)26-3)22-18-9-5-16(6-10-18)13-17-7-11-19(12-8-17)23-15(2)21(25)27-4/h5-12,14-15,22-23H,13H2,1-4H3/t14-,15+. The molecule has 0 heterocycles. The van der Waals surface area contributed by atoms with E-state index < -0.39 is 12.1 Å². The molecule has 0 aliphatic carbocycles. The van der Waals surface area contributed by atoms with Gasteiger partial charge in [-0.1, -0.05) is 24.3 Å². The number of nitrogens with one attached hydrogen (secondary N) is 2. The molecule has 0 aromatic heterocycles. The molecule has 0 radical (unpaired) electrons. The highest BCUT2D eigenvalue weighted by atomic mass is 16.5. The number of hydrogen-bond donors (Lipinski definition) is 2. The lowest BCUT2D eigenvalue weighted by molar-refractivity contribution is -0.141. The summed E-state index contributed by atoms with van der Waals surface area (Å²) in [7, 11) is 2.75. The highest BCUT2D eigenvalue weighted by Crippen LogP contribution is 2.17. The van der Waals surface area contributed by atoms with Crippen LogP contribution in [-0.4, -0.2) is 38.2 Å². The molecule has 2 aromatic carbocycles. The lowest BCUT2D eigenvalue weighted by Crippen LogP contribution is -2.27. The first-order valence-electron chi connectivity index (χ1n) is 8.79. The largest absolute Gasteiger partial charge is 0.467 e. The lowest BCUT2D eigenvalue weighted by Gasteiger charge is -2.14. The van der Waals surface area contributed by atoms with Crippen molar-refractivity contribution in [2.45, 2.75) is 32.4 Å². The van der Waals surface area contributed by atoms with Crippen LogP contribution in [0.3, 0.4) is 0 Å². The van der Waals surface area contributed by atoms with Gasteiger partial charge < -0.3 is 20.1 Å². The fraction of sp³-hybridized carbons (Fsp3) is 0.333. The molecule has 6 nitrogen and oxygen atoms in total. The van der Waals surface area contributed by atoms with Gasteiger partial charge >= 0.3 is 11.9 Å². The zero-order valence-electron chi connectivity index (χ0n) is 16.1. The molecular weight excluding hydrogens is 344 g/mol. The Morgan fingerprint density at radius 3 is 1.37 bits per heavy atom. The minimum atomic E-state index is -0.395. The lowest BCUT2D eigenvalue weighted by atomic mass is 10.0. The van der Waals surface area contributed by atoms with E-state index in [9.17, 15) is 9.59 Å². The Morgan fingerprint density at radius 2 is 1.07 bits per heavy atom. The van der Waals surface area contributed by atoms with Gasteiger partial charge in [-0.3, -0.25) is 0 Å². The summed E-state index contributed by atoms with van der Waals surface area (Å²) in [5, 5.41) is 6.21. The maximum atomic E-state index is 11.5. The van der Waals surface area contributed by atoms with E-state index in [4.69, 9.17) is 9.47 Å². The number of hydrogen-bond acceptors (Lipinski definition) is 6. The van der Waals surface area contributed by atoms with E-state index in [1.807, 2.05) is 48.5 Å². The van der Waals surface area contributed by atoms with Gasteiger partial charge in [0.2, 0.25) is 0 Å². The van der Waals surface area contributed by atoms with Crippen molar-refractivity contribution in [3.05, 3.63) is 59.7 Å². The summed E-state index contributed by atoms with van der Waals surface area (Å²) in [6.07, 6.45) is 0.791. The number of ether oxygens (including phenoxy) is 2. The van der Waals surface area contributed by atoms with Gasteiger partial charge in [0, 0.05) is 11.4 Å². The Kier molecular flexibility index (Phi) is 7.23. The predicted molar refractivity (Wildman–Crippen MR) is 106 cm³/mol. The van der Waals surface area contributed by atoms with Crippen LogP contribution in [0.15, 0.2) is 48.5 Å². The number of carbonyl (C=O) groups excluding carboxylic acids is 2. The van der Waals surface area contributed by atoms with Gasteiger partial charge in [0.15, 0.2) is 0 Å².